The van der Waals surface area contributed by atoms with E-state index in [4.69, 9.17) is 4.74 Å². The first kappa shape index (κ1) is 25.7. The van der Waals surface area contributed by atoms with Crippen molar-refractivity contribution in [2.24, 2.45) is 0 Å². The molecule has 8 heteroatoms. The van der Waals surface area contributed by atoms with Gasteiger partial charge in [0, 0.05) is 29.0 Å². The molecule has 0 N–H and O–H groups in total. The molecule has 0 aromatic heterocycles. The van der Waals surface area contributed by atoms with Crippen LogP contribution >= 0.6 is 27.7 Å². The van der Waals surface area contributed by atoms with E-state index in [1.54, 1.807) is 12.1 Å². The first-order chi connectivity index (χ1) is 16.6. The third-order valence-electron chi connectivity index (χ3n) is 5.30. The van der Waals surface area contributed by atoms with E-state index in [0.29, 0.717) is 28.3 Å². The molecule has 0 atom stereocenters. The van der Waals surface area contributed by atoms with Crippen LogP contribution in [0.2, 0.25) is 0 Å². The minimum atomic E-state index is -4.76. The van der Waals surface area contributed by atoms with Crippen molar-refractivity contribution >= 4 is 33.8 Å². The molecule has 3 aromatic carbocycles. The lowest BCUT2D eigenvalue weighted by Crippen LogP contribution is -2.27. The van der Waals surface area contributed by atoms with Crippen molar-refractivity contribution in [3.63, 3.8) is 0 Å². The molecule has 4 rings (SSSR count). The minimum Gasteiger partial charge on any atom is -0.483 e. The van der Waals surface area contributed by atoms with Crippen LogP contribution in [0.5, 0.6) is 11.5 Å². The summed E-state index contributed by atoms with van der Waals surface area (Å²) in [7, 11) is 0. The molecule has 0 amide bonds. The highest BCUT2D eigenvalue weighted by atomic mass is 79.9. The summed E-state index contributed by atoms with van der Waals surface area (Å²) in [6.07, 6.45) is -0.652. The van der Waals surface area contributed by atoms with E-state index in [0.717, 1.165) is 22.4 Å². The topological polar surface area (TPSA) is 21.7 Å². The quantitative estimate of drug-likeness (QED) is 0.203. The Morgan fingerprint density at radius 1 is 0.971 bits per heavy atom. The molecule has 0 aliphatic carbocycles. The van der Waals surface area contributed by atoms with Gasteiger partial charge in [0.25, 0.3) is 0 Å². The van der Waals surface area contributed by atoms with Crippen molar-refractivity contribution in [3.05, 3.63) is 94.0 Å². The van der Waals surface area contributed by atoms with Crippen molar-refractivity contribution < 1.29 is 22.6 Å². The third kappa shape index (κ3) is 7.53. The lowest BCUT2D eigenvalue weighted by molar-refractivity contribution is -0.275. The van der Waals surface area contributed by atoms with Crippen LogP contribution in [-0.2, 0) is 13.1 Å². The van der Waals surface area contributed by atoms with Gasteiger partial charge in [0.2, 0.25) is 0 Å². The summed E-state index contributed by atoms with van der Waals surface area (Å²) in [4.78, 5) is 2.62. The van der Waals surface area contributed by atoms with Crippen LogP contribution in [0.25, 0.3) is 6.08 Å². The number of ether oxygens (including phenoxy) is 2. The average Bonchev–Trinajstić information content (AvgIpc) is 2.78. The summed E-state index contributed by atoms with van der Waals surface area (Å²) in [5.74, 6) is 1.10. The Balaban J connectivity index is 1.54. The van der Waals surface area contributed by atoms with Crippen LogP contribution in [0.15, 0.2) is 82.2 Å². The lowest BCUT2D eigenvalue weighted by Gasteiger charge is -2.28. The van der Waals surface area contributed by atoms with Gasteiger partial charge in [0.05, 0.1) is 4.90 Å². The van der Waals surface area contributed by atoms with Gasteiger partial charge in [-0.05, 0) is 61.4 Å². The fourth-order valence-electron chi connectivity index (χ4n) is 3.74. The fourth-order valence-corrected chi connectivity index (χ4v) is 4.99. The summed E-state index contributed by atoms with van der Waals surface area (Å²) in [5, 5.41) is 0. The largest absolute Gasteiger partial charge is 0.573 e. The molecule has 0 unspecified atom stereocenters. The molecule has 1 heterocycles. The Morgan fingerprint density at radius 2 is 1.71 bits per heavy atom. The number of halogens is 4. The molecule has 35 heavy (non-hydrogen) atoms. The van der Waals surface area contributed by atoms with Gasteiger partial charge in [-0.25, -0.2) is 0 Å². The standard InChI is InChI=1S/C27H25BrF3NO2S/c1-26(2)13-12-21-14-20(8-10-23(21)33-26)17-32(16-19-6-4-3-5-7-19)18-35-25-11-9-22(28)15-24(25)34-27(29,30)31/h3-15H,16-18H2,1-2H3. The molecule has 0 fully saturated rings. The van der Waals surface area contributed by atoms with Crippen LogP contribution in [-0.4, -0.2) is 22.7 Å². The van der Waals surface area contributed by atoms with Crippen LogP contribution in [0.4, 0.5) is 13.2 Å². The van der Waals surface area contributed by atoms with E-state index in [2.05, 4.69) is 37.7 Å². The number of hydrogen-bond acceptors (Lipinski definition) is 4. The molecule has 1 aliphatic heterocycles. The number of rotatable bonds is 8. The van der Waals surface area contributed by atoms with E-state index in [-0.39, 0.29) is 11.4 Å². The summed E-state index contributed by atoms with van der Waals surface area (Å²) in [6.45, 7) is 5.30. The first-order valence-electron chi connectivity index (χ1n) is 11.0. The normalized spacial score (nSPS) is 14.5. The van der Waals surface area contributed by atoms with Gasteiger partial charge < -0.3 is 9.47 Å². The Labute approximate surface area is 216 Å². The van der Waals surface area contributed by atoms with Gasteiger partial charge in [-0.15, -0.1) is 24.9 Å². The smallest absolute Gasteiger partial charge is 0.483 e. The summed E-state index contributed by atoms with van der Waals surface area (Å²) >= 11 is 4.54. The molecule has 0 saturated heterocycles. The van der Waals surface area contributed by atoms with Crippen molar-refractivity contribution in [2.45, 2.75) is 43.8 Å². The molecule has 1 aliphatic rings. The first-order valence-corrected chi connectivity index (χ1v) is 12.8. The summed E-state index contributed by atoms with van der Waals surface area (Å²) < 4.78 is 49.6. The van der Waals surface area contributed by atoms with Crippen molar-refractivity contribution in [1.82, 2.24) is 4.90 Å². The molecule has 3 nitrogen and oxygen atoms in total. The SMILES string of the molecule is CC1(C)C=Cc2cc(CN(CSc3ccc(Br)cc3OC(F)(F)F)Cc3ccccc3)ccc2O1. The van der Waals surface area contributed by atoms with Crippen molar-refractivity contribution in [1.29, 1.82) is 0 Å². The molecular weight excluding hydrogens is 539 g/mol. The van der Waals surface area contributed by atoms with Crippen LogP contribution < -0.4 is 9.47 Å². The number of fused-ring (bicyclic) bond motifs is 1. The third-order valence-corrected chi connectivity index (χ3v) is 6.94. The predicted octanol–water partition coefficient (Wildman–Crippen LogP) is 8.28. The molecule has 0 saturated carbocycles. The van der Waals surface area contributed by atoms with Crippen molar-refractivity contribution in [3.8, 4) is 11.5 Å². The number of nitrogens with zero attached hydrogens (tertiary/aromatic N) is 1. The summed E-state index contributed by atoms with van der Waals surface area (Å²) in [5.41, 5.74) is 2.89. The lowest BCUT2D eigenvalue weighted by atomic mass is 10.0. The zero-order chi connectivity index (χ0) is 25.1. The van der Waals surface area contributed by atoms with Gasteiger partial charge in [0.15, 0.2) is 0 Å². The predicted molar refractivity (Wildman–Crippen MR) is 137 cm³/mol. The monoisotopic (exact) mass is 563 g/mol. The molecule has 3 aromatic rings. The van der Waals surface area contributed by atoms with Crippen LogP contribution in [0.3, 0.4) is 0 Å². The highest BCUT2D eigenvalue weighted by Crippen LogP contribution is 2.37. The van der Waals surface area contributed by atoms with Gasteiger partial charge >= 0.3 is 6.36 Å². The molecule has 0 spiro atoms. The Bertz CT molecular complexity index is 1200. The van der Waals surface area contributed by atoms with E-state index in [1.165, 1.54) is 17.8 Å². The summed E-state index contributed by atoms with van der Waals surface area (Å²) in [6, 6.07) is 20.8. The van der Waals surface area contributed by atoms with Crippen LogP contribution in [0, 0.1) is 0 Å². The molecule has 0 radical (unpaired) electrons. The second-order valence-corrected chi connectivity index (χ2v) is 10.7. The van der Waals surface area contributed by atoms with Crippen LogP contribution in [0.1, 0.15) is 30.5 Å². The fraction of sp³-hybridized carbons (Fsp3) is 0.259. The second kappa shape index (κ2) is 10.7. The van der Waals surface area contributed by atoms with Gasteiger partial charge in [-0.3, -0.25) is 4.90 Å². The highest BCUT2D eigenvalue weighted by molar-refractivity contribution is 9.10. The van der Waals surface area contributed by atoms with Crippen molar-refractivity contribution in [2.75, 3.05) is 5.88 Å². The number of thioether (sulfide) groups is 1. The van der Waals surface area contributed by atoms with E-state index in [9.17, 15) is 13.2 Å². The van der Waals surface area contributed by atoms with E-state index >= 15 is 0 Å². The van der Waals surface area contributed by atoms with Gasteiger partial charge in [-0.2, -0.15) is 0 Å². The average molecular weight is 564 g/mol. The van der Waals surface area contributed by atoms with E-state index < -0.39 is 6.36 Å². The Hall–Kier alpha value is -2.42. The Kier molecular flexibility index (Phi) is 7.83. The van der Waals surface area contributed by atoms with Gasteiger partial charge in [0.1, 0.15) is 17.1 Å². The molecule has 0 bridgehead atoms. The number of benzene rings is 3. The van der Waals surface area contributed by atoms with E-state index in [1.807, 2.05) is 62.4 Å². The maximum Gasteiger partial charge on any atom is 0.573 e. The second-order valence-electron chi connectivity index (χ2n) is 8.80. The number of hydrogen-bond donors (Lipinski definition) is 0. The maximum absolute atomic E-state index is 12.9. The zero-order valence-electron chi connectivity index (χ0n) is 19.3. The number of alkyl halides is 3. The zero-order valence-corrected chi connectivity index (χ0v) is 21.7. The van der Waals surface area contributed by atoms with Gasteiger partial charge in [-0.1, -0.05) is 58.4 Å². The highest BCUT2D eigenvalue weighted by Gasteiger charge is 2.32. The maximum atomic E-state index is 12.9. The Morgan fingerprint density at radius 3 is 2.46 bits per heavy atom. The molecule has 184 valence electrons. The molecular formula is C27H25BrF3NO2S. The minimum absolute atomic E-state index is 0.213.